The summed E-state index contributed by atoms with van der Waals surface area (Å²) in [5.41, 5.74) is -0.197. The summed E-state index contributed by atoms with van der Waals surface area (Å²) < 4.78 is 0. The zero-order valence-electron chi connectivity index (χ0n) is 5.67. The van der Waals surface area contributed by atoms with Crippen molar-refractivity contribution in [3.8, 4) is 11.8 Å². The van der Waals surface area contributed by atoms with E-state index in [1.54, 1.807) is 6.92 Å². The smallest absolute Gasteiger partial charge is 0.0556 e. The standard InChI is InChI=1S/C7H10Cl2/c1-3-4-7(2,5-8)6-9/h5-6H2,1-2H3. The molecule has 9 heavy (non-hydrogen) atoms. The van der Waals surface area contributed by atoms with Gasteiger partial charge in [0.2, 0.25) is 0 Å². The van der Waals surface area contributed by atoms with Crippen LogP contribution in [-0.4, -0.2) is 11.8 Å². The van der Waals surface area contributed by atoms with Crippen LogP contribution in [0.4, 0.5) is 0 Å². The first-order chi connectivity index (χ1) is 4.18. The molecule has 0 radical (unpaired) electrons. The molecule has 0 aromatic carbocycles. The maximum atomic E-state index is 5.60. The molecular weight excluding hydrogens is 155 g/mol. The highest BCUT2D eigenvalue weighted by molar-refractivity contribution is 6.21. The van der Waals surface area contributed by atoms with Gasteiger partial charge < -0.3 is 0 Å². The molecule has 0 bridgehead atoms. The van der Waals surface area contributed by atoms with Gasteiger partial charge in [-0.3, -0.25) is 0 Å². The van der Waals surface area contributed by atoms with Crippen molar-refractivity contribution in [2.75, 3.05) is 11.8 Å². The van der Waals surface area contributed by atoms with Crippen LogP contribution in [0, 0.1) is 17.3 Å². The second kappa shape index (κ2) is 4.04. The van der Waals surface area contributed by atoms with Crippen LogP contribution in [0.1, 0.15) is 13.8 Å². The van der Waals surface area contributed by atoms with Gasteiger partial charge in [-0.25, -0.2) is 0 Å². The Bertz CT molecular complexity index is 126. The van der Waals surface area contributed by atoms with Crippen LogP contribution in [0.2, 0.25) is 0 Å². The van der Waals surface area contributed by atoms with Crippen LogP contribution < -0.4 is 0 Å². The maximum Gasteiger partial charge on any atom is 0.0556 e. The quantitative estimate of drug-likeness (QED) is 0.435. The predicted octanol–water partition coefficient (Wildman–Crippen LogP) is 2.49. The molecule has 0 N–H and O–H groups in total. The lowest BCUT2D eigenvalue weighted by Crippen LogP contribution is -2.17. The zero-order chi connectivity index (χ0) is 7.33. The van der Waals surface area contributed by atoms with E-state index in [4.69, 9.17) is 23.2 Å². The van der Waals surface area contributed by atoms with Crippen molar-refractivity contribution in [1.82, 2.24) is 0 Å². The van der Waals surface area contributed by atoms with E-state index in [9.17, 15) is 0 Å². The lowest BCUT2D eigenvalue weighted by Gasteiger charge is -2.15. The Morgan fingerprint density at radius 1 is 1.33 bits per heavy atom. The van der Waals surface area contributed by atoms with Crippen molar-refractivity contribution in [1.29, 1.82) is 0 Å². The predicted molar refractivity (Wildman–Crippen MR) is 43.0 cm³/mol. The summed E-state index contributed by atoms with van der Waals surface area (Å²) >= 11 is 11.2. The molecule has 0 unspecified atom stereocenters. The molecule has 0 heterocycles. The molecule has 0 aliphatic heterocycles. The van der Waals surface area contributed by atoms with Crippen molar-refractivity contribution in [2.45, 2.75) is 13.8 Å². The Kier molecular flexibility index (Phi) is 4.10. The molecule has 2 heteroatoms. The number of hydrogen-bond acceptors (Lipinski definition) is 0. The van der Waals surface area contributed by atoms with Crippen molar-refractivity contribution >= 4 is 23.2 Å². The summed E-state index contributed by atoms with van der Waals surface area (Å²) in [6.45, 7) is 3.74. The third-order valence-electron chi connectivity index (χ3n) is 1.02. The fraction of sp³-hybridized carbons (Fsp3) is 0.714. The molecule has 0 atom stereocenters. The first-order valence-electron chi connectivity index (χ1n) is 2.74. The molecule has 0 aliphatic carbocycles. The molecule has 0 aromatic rings. The Hall–Kier alpha value is 0.140. The minimum Gasteiger partial charge on any atom is -0.125 e. The van der Waals surface area contributed by atoms with Crippen molar-refractivity contribution in [3.63, 3.8) is 0 Å². The van der Waals surface area contributed by atoms with Crippen molar-refractivity contribution < 1.29 is 0 Å². The van der Waals surface area contributed by atoms with Gasteiger partial charge in [0.15, 0.2) is 0 Å². The van der Waals surface area contributed by atoms with Crippen LogP contribution in [-0.2, 0) is 0 Å². The number of alkyl halides is 2. The topological polar surface area (TPSA) is 0 Å². The summed E-state index contributed by atoms with van der Waals surface area (Å²) in [7, 11) is 0. The summed E-state index contributed by atoms with van der Waals surface area (Å²) in [5, 5.41) is 0. The molecule has 0 spiro atoms. The van der Waals surface area contributed by atoms with Crippen LogP contribution >= 0.6 is 23.2 Å². The van der Waals surface area contributed by atoms with E-state index in [1.165, 1.54) is 0 Å². The fourth-order valence-corrected chi connectivity index (χ4v) is 0.824. The van der Waals surface area contributed by atoms with E-state index in [-0.39, 0.29) is 5.41 Å². The minimum absolute atomic E-state index is 0.197. The van der Waals surface area contributed by atoms with E-state index in [0.29, 0.717) is 11.8 Å². The fourth-order valence-electron chi connectivity index (χ4n) is 0.404. The lowest BCUT2D eigenvalue weighted by molar-refractivity contribution is 0.587. The summed E-state index contributed by atoms with van der Waals surface area (Å²) in [4.78, 5) is 0. The highest BCUT2D eigenvalue weighted by Crippen LogP contribution is 2.18. The van der Waals surface area contributed by atoms with E-state index in [1.807, 2.05) is 6.92 Å². The number of hydrogen-bond donors (Lipinski definition) is 0. The molecule has 0 saturated carbocycles. The van der Waals surface area contributed by atoms with Gasteiger partial charge in [0.25, 0.3) is 0 Å². The van der Waals surface area contributed by atoms with Crippen LogP contribution in [0.15, 0.2) is 0 Å². The zero-order valence-corrected chi connectivity index (χ0v) is 7.18. The molecular formula is C7H10Cl2. The third kappa shape index (κ3) is 2.98. The molecule has 0 aliphatic rings. The summed E-state index contributed by atoms with van der Waals surface area (Å²) in [6.07, 6.45) is 0. The van der Waals surface area contributed by atoms with Crippen molar-refractivity contribution in [2.24, 2.45) is 5.41 Å². The van der Waals surface area contributed by atoms with Gasteiger partial charge in [-0.1, -0.05) is 5.92 Å². The number of halogens is 2. The van der Waals surface area contributed by atoms with Gasteiger partial charge in [-0.15, -0.1) is 29.1 Å². The SMILES string of the molecule is CC#CC(C)(CCl)CCl. The van der Waals surface area contributed by atoms with Crippen molar-refractivity contribution in [3.05, 3.63) is 0 Å². The van der Waals surface area contributed by atoms with Gasteiger partial charge in [-0.05, 0) is 13.8 Å². The average Bonchev–Trinajstić information content (AvgIpc) is 1.89. The molecule has 0 nitrogen and oxygen atoms in total. The van der Waals surface area contributed by atoms with E-state index < -0.39 is 0 Å². The third-order valence-corrected chi connectivity index (χ3v) is 2.20. The average molecular weight is 165 g/mol. The van der Waals surface area contributed by atoms with E-state index in [2.05, 4.69) is 11.8 Å². The van der Waals surface area contributed by atoms with Gasteiger partial charge in [0.1, 0.15) is 0 Å². The molecule has 0 aromatic heterocycles. The summed E-state index contributed by atoms with van der Waals surface area (Å²) in [5.74, 6) is 6.73. The monoisotopic (exact) mass is 164 g/mol. The molecule has 0 fully saturated rings. The maximum absolute atomic E-state index is 5.60. The molecule has 52 valence electrons. The van der Waals surface area contributed by atoms with Crippen LogP contribution in [0.5, 0.6) is 0 Å². The van der Waals surface area contributed by atoms with Crippen LogP contribution in [0.3, 0.4) is 0 Å². The Labute approximate surface area is 66.5 Å². The Morgan fingerprint density at radius 2 is 1.78 bits per heavy atom. The van der Waals surface area contributed by atoms with E-state index >= 15 is 0 Å². The molecule has 0 saturated heterocycles. The molecule has 0 amide bonds. The highest BCUT2D eigenvalue weighted by atomic mass is 35.5. The lowest BCUT2D eigenvalue weighted by atomic mass is 9.97. The van der Waals surface area contributed by atoms with E-state index in [0.717, 1.165) is 0 Å². The second-order valence-electron chi connectivity index (χ2n) is 2.20. The molecule has 0 rings (SSSR count). The first-order valence-corrected chi connectivity index (χ1v) is 3.81. The second-order valence-corrected chi connectivity index (χ2v) is 2.74. The number of rotatable bonds is 2. The minimum atomic E-state index is -0.197. The normalized spacial score (nSPS) is 10.2. The van der Waals surface area contributed by atoms with Crippen LogP contribution in [0.25, 0.3) is 0 Å². The van der Waals surface area contributed by atoms with Gasteiger partial charge in [-0.2, -0.15) is 0 Å². The Morgan fingerprint density at radius 3 is 1.89 bits per heavy atom. The Balaban J connectivity index is 4.03. The van der Waals surface area contributed by atoms with Gasteiger partial charge in [0, 0.05) is 11.8 Å². The summed E-state index contributed by atoms with van der Waals surface area (Å²) in [6, 6.07) is 0. The van der Waals surface area contributed by atoms with Gasteiger partial charge in [0.05, 0.1) is 5.41 Å². The van der Waals surface area contributed by atoms with Gasteiger partial charge >= 0.3 is 0 Å². The largest absolute Gasteiger partial charge is 0.125 e. The first kappa shape index (κ1) is 9.14. The highest BCUT2D eigenvalue weighted by Gasteiger charge is 2.17.